The summed E-state index contributed by atoms with van der Waals surface area (Å²) in [6.45, 7) is 1.96. The molecule has 2 fully saturated rings. The van der Waals surface area contributed by atoms with Gasteiger partial charge in [-0.25, -0.2) is 13.6 Å². The molecule has 1 saturated carbocycles. The number of halogens is 2. The van der Waals surface area contributed by atoms with Gasteiger partial charge < -0.3 is 28.9 Å². The van der Waals surface area contributed by atoms with Crippen LogP contribution in [0.4, 0.5) is 19.3 Å². The standard InChI is InChI=1S/C21H23F2N3O6S/c1-24-5-7-25(8-6-24)18-15(22)17-14(20(16(18)23)33-10-13(27)31-2)19(28)12(32-21(29)30)9-26(17)11-3-4-11/h9,11H,3-8,10H2,1-2H3,(H,29,30). The van der Waals surface area contributed by atoms with Crippen molar-refractivity contribution in [2.45, 2.75) is 23.8 Å². The van der Waals surface area contributed by atoms with Crippen molar-refractivity contribution in [1.82, 2.24) is 9.47 Å². The number of esters is 1. The summed E-state index contributed by atoms with van der Waals surface area (Å²) in [7, 11) is 3.09. The number of thioether (sulfide) groups is 1. The molecule has 2 aromatic rings. The van der Waals surface area contributed by atoms with Crippen LogP contribution >= 0.6 is 11.8 Å². The lowest BCUT2D eigenvalue weighted by molar-refractivity contribution is -0.137. The number of hydrogen-bond donors (Lipinski definition) is 1. The molecule has 2 aliphatic rings. The van der Waals surface area contributed by atoms with E-state index in [1.54, 1.807) is 4.90 Å². The van der Waals surface area contributed by atoms with E-state index < -0.39 is 34.9 Å². The van der Waals surface area contributed by atoms with Crippen molar-refractivity contribution in [1.29, 1.82) is 0 Å². The lowest BCUT2D eigenvalue weighted by Crippen LogP contribution is -2.45. The summed E-state index contributed by atoms with van der Waals surface area (Å²) in [5.41, 5.74) is -1.34. The van der Waals surface area contributed by atoms with E-state index in [4.69, 9.17) is 5.11 Å². The predicted molar refractivity (Wildman–Crippen MR) is 117 cm³/mol. The first kappa shape index (κ1) is 23.3. The predicted octanol–water partition coefficient (Wildman–Crippen LogP) is 2.69. The lowest BCUT2D eigenvalue weighted by Gasteiger charge is -2.35. The van der Waals surface area contributed by atoms with Gasteiger partial charge in [0.25, 0.3) is 0 Å². The number of rotatable bonds is 6. The van der Waals surface area contributed by atoms with Crippen LogP contribution in [0, 0.1) is 11.6 Å². The number of carboxylic acid groups (broad SMARTS) is 1. The molecule has 4 rings (SSSR count). The largest absolute Gasteiger partial charge is 0.511 e. The van der Waals surface area contributed by atoms with Gasteiger partial charge in [0.1, 0.15) is 5.69 Å². The molecule has 12 heteroatoms. The van der Waals surface area contributed by atoms with Crippen LogP contribution in [-0.4, -0.2) is 72.8 Å². The van der Waals surface area contributed by atoms with Crippen LogP contribution in [0.3, 0.4) is 0 Å². The van der Waals surface area contributed by atoms with Crippen molar-refractivity contribution >= 4 is 40.5 Å². The Labute approximate surface area is 191 Å². The van der Waals surface area contributed by atoms with Gasteiger partial charge in [-0.2, -0.15) is 0 Å². The Morgan fingerprint density at radius 1 is 1.18 bits per heavy atom. The maximum Gasteiger partial charge on any atom is 0.511 e. The molecule has 1 aliphatic carbocycles. The molecule has 0 bridgehead atoms. The molecular formula is C21H23F2N3O6S. The Kier molecular flexibility index (Phi) is 6.48. The van der Waals surface area contributed by atoms with E-state index in [9.17, 15) is 14.4 Å². The molecule has 1 aromatic carbocycles. The van der Waals surface area contributed by atoms with E-state index in [1.807, 2.05) is 11.9 Å². The fraction of sp³-hybridized carbons (Fsp3) is 0.476. The summed E-state index contributed by atoms with van der Waals surface area (Å²) in [6.07, 6.45) is 0.832. The number of hydrogen-bond acceptors (Lipinski definition) is 8. The monoisotopic (exact) mass is 483 g/mol. The average Bonchev–Trinajstić information content (AvgIpc) is 3.61. The number of pyridine rings is 1. The Morgan fingerprint density at radius 3 is 2.42 bits per heavy atom. The van der Waals surface area contributed by atoms with Crippen molar-refractivity contribution in [3.05, 3.63) is 28.1 Å². The Bertz CT molecular complexity index is 1180. The van der Waals surface area contributed by atoms with Crippen molar-refractivity contribution in [3.63, 3.8) is 0 Å². The number of carbonyl (C=O) groups is 2. The second-order valence-electron chi connectivity index (χ2n) is 8.01. The maximum atomic E-state index is 16.0. The van der Waals surface area contributed by atoms with Gasteiger partial charge in [-0.15, -0.1) is 11.8 Å². The zero-order chi connectivity index (χ0) is 23.9. The molecule has 0 radical (unpaired) electrons. The normalized spacial score (nSPS) is 16.8. The Balaban J connectivity index is 2.00. The van der Waals surface area contributed by atoms with Crippen LogP contribution in [0.15, 0.2) is 15.9 Å². The second-order valence-corrected chi connectivity index (χ2v) is 9.00. The fourth-order valence-corrected chi connectivity index (χ4v) is 4.85. The van der Waals surface area contributed by atoms with Gasteiger partial charge in [0.15, 0.2) is 17.4 Å². The van der Waals surface area contributed by atoms with Gasteiger partial charge in [0.2, 0.25) is 5.43 Å². The van der Waals surface area contributed by atoms with Gasteiger partial charge in [-0.3, -0.25) is 9.59 Å². The van der Waals surface area contributed by atoms with E-state index in [-0.39, 0.29) is 33.3 Å². The fourth-order valence-electron chi connectivity index (χ4n) is 3.91. The highest BCUT2D eigenvalue weighted by atomic mass is 32.2. The molecule has 1 N–H and O–H groups in total. The zero-order valence-electron chi connectivity index (χ0n) is 18.1. The van der Waals surface area contributed by atoms with E-state index in [0.29, 0.717) is 50.8 Å². The molecule has 1 aliphatic heterocycles. The number of benzene rings is 1. The van der Waals surface area contributed by atoms with Crippen LogP contribution in [0.2, 0.25) is 0 Å². The van der Waals surface area contributed by atoms with Crippen LogP contribution in [0.1, 0.15) is 18.9 Å². The molecular weight excluding hydrogens is 460 g/mol. The van der Waals surface area contributed by atoms with Crippen LogP contribution in [-0.2, 0) is 9.53 Å². The summed E-state index contributed by atoms with van der Waals surface area (Å²) in [4.78, 5) is 39.4. The molecule has 178 valence electrons. The Hall–Kier alpha value is -2.86. The average molecular weight is 483 g/mol. The minimum absolute atomic E-state index is 0.122. The van der Waals surface area contributed by atoms with Crippen molar-refractivity contribution in [2.75, 3.05) is 51.0 Å². The van der Waals surface area contributed by atoms with Gasteiger partial charge in [0.05, 0.1) is 34.9 Å². The van der Waals surface area contributed by atoms with E-state index in [2.05, 4.69) is 9.47 Å². The van der Waals surface area contributed by atoms with Crippen LogP contribution in [0.25, 0.3) is 10.9 Å². The summed E-state index contributed by atoms with van der Waals surface area (Å²) >= 11 is 0.710. The molecule has 1 saturated heterocycles. The molecule has 2 heterocycles. The van der Waals surface area contributed by atoms with Crippen molar-refractivity contribution < 1.29 is 33.0 Å². The van der Waals surface area contributed by atoms with Gasteiger partial charge in [-0.1, -0.05) is 0 Å². The van der Waals surface area contributed by atoms with Gasteiger partial charge >= 0.3 is 12.1 Å². The second kappa shape index (κ2) is 9.18. The molecule has 0 unspecified atom stereocenters. The number of ether oxygens (including phenoxy) is 2. The molecule has 0 spiro atoms. The first-order valence-corrected chi connectivity index (χ1v) is 11.3. The summed E-state index contributed by atoms with van der Waals surface area (Å²) in [5, 5.41) is 8.69. The highest BCUT2D eigenvalue weighted by Crippen LogP contribution is 2.44. The molecule has 0 atom stereocenters. The zero-order valence-corrected chi connectivity index (χ0v) is 18.9. The number of likely N-dealkylation sites (N-methyl/N-ethyl adjacent to an activating group) is 1. The third-order valence-corrected chi connectivity index (χ3v) is 6.82. The van der Waals surface area contributed by atoms with E-state index in [0.717, 1.165) is 0 Å². The molecule has 1 aromatic heterocycles. The molecule has 0 amide bonds. The molecule has 33 heavy (non-hydrogen) atoms. The SMILES string of the molecule is COC(=O)CSc1c(F)c(N2CCN(C)CC2)c(F)c2c1c(=O)c(OC(=O)O)cn2C1CC1. The number of piperazine rings is 1. The quantitative estimate of drug-likeness (QED) is 0.491. The number of methoxy groups -OCH3 is 1. The van der Waals surface area contributed by atoms with Gasteiger partial charge in [0, 0.05) is 32.2 Å². The van der Waals surface area contributed by atoms with E-state index in [1.165, 1.54) is 17.9 Å². The first-order valence-electron chi connectivity index (χ1n) is 10.4. The number of aromatic nitrogens is 1. The number of carbonyl (C=O) groups excluding carboxylic acids is 1. The number of nitrogens with zero attached hydrogens (tertiary/aromatic N) is 3. The summed E-state index contributed by atoms with van der Waals surface area (Å²) in [5.74, 6) is -3.37. The summed E-state index contributed by atoms with van der Waals surface area (Å²) < 4.78 is 42.5. The van der Waals surface area contributed by atoms with E-state index >= 15 is 8.78 Å². The lowest BCUT2D eigenvalue weighted by atomic mass is 10.1. The summed E-state index contributed by atoms with van der Waals surface area (Å²) in [6, 6.07) is -0.178. The third-order valence-electron chi connectivity index (χ3n) is 5.77. The number of fused-ring (bicyclic) bond motifs is 1. The topological polar surface area (TPSA) is 101 Å². The number of anilines is 1. The smallest absolute Gasteiger partial charge is 0.468 e. The Morgan fingerprint density at radius 2 is 1.85 bits per heavy atom. The highest BCUT2D eigenvalue weighted by Gasteiger charge is 2.34. The van der Waals surface area contributed by atoms with Gasteiger partial charge in [-0.05, 0) is 19.9 Å². The van der Waals surface area contributed by atoms with Crippen LogP contribution in [0.5, 0.6) is 5.75 Å². The highest BCUT2D eigenvalue weighted by molar-refractivity contribution is 8.00. The third kappa shape index (κ3) is 4.49. The maximum absolute atomic E-state index is 16.0. The minimum atomic E-state index is -1.72. The minimum Gasteiger partial charge on any atom is -0.468 e. The van der Waals surface area contributed by atoms with Crippen LogP contribution < -0.4 is 15.1 Å². The first-order chi connectivity index (χ1) is 15.7. The van der Waals surface area contributed by atoms with Crippen molar-refractivity contribution in [2.24, 2.45) is 0 Å². The van der Waals surface area contributed by atoms with Crippen molar-refractivity contribution in [3.8, 4) is 5.75 Å². The molecule has 9 nitrogen and oxygen atoms in total.